The first kappa shape index (κ1) is 21.9. The van der Waals surface area contributed by atoms with Gasteiger partial charge in [0, 0.05) is 23.7 Å². The predicted molar refractivity (Wildman–Crippen MR) is 119 cm³/mol. The maximum Gasteiger partial charge on any atom is 0.268 e. The second-order valence-corrected chi connectivity index (χ2v) is 9.49. The fraction of sp³-hybridized carbons (Fsp3) is 0.0870. The number of halogens is 2. The summed E-state index contributed by atoms with van der Waals surface area (Å²) in [6, 6.07) is 14.5. The van der Waals surface area contributed by atoms with E-state index in [1.807, 2.05) is 0 Å². The van der Waals surface area contributed by atoms with Gasteiger partial charge in [0.15, 0.2) is 11.6 Å². The van der Waals surface area contributed by atoms with Gasteiger partial charge < -0.3 is 4.74 Å². The predicted octanol–water partition coefficient (Wildman–Crippen LogP) is 5.85. The monoisotopic (exact) mass is 470 g/mol. The number of hydrogen-bond donors (Lipinski definition) is 0. The topological polar surface area (TPSA) is 72.1 Å². The van der Waals surface area contributed by atoms with Gasteiger partial charge in [-0.05, 0) is 43.0 Å². The van der Waals surface area contributed by atoms with E-state index in [0.717, 1.165) is 16.1 Å². The van der Waals surface area contributed by atoms with Crippen LogP contribution in [-0.2, 0) is 10.0 Å². The molecule has 0 amide bonds. The molecule has 4 rings (SSSR count). The molecule has 0 unspecified atom stereocenters. The summed E-state index contributed by atoms with van der Waals surface area (Å²) in [5.41, 5.74) is 0.508. The molecule has 0 aliphatic carbocycles. The van der Waals surface area contributed by atoms with Gasteiger partial charge >= 0.3 is 0 Å². The van der Waals surface area contributed by atoms with Crippen LogP contribution in [0.1, 0.15) is 11.1 Å². The average Bonchev–Trinajstić information content (AvgIpc) is 3.19. The minimum atomic E-state index is -3.96. The number of aromatic nitrogens is 1. The van der Waals surface area contributed by atoms with Gasteiger partial charge in [-0.1, -0.05) is 18.2 Å². The number of nitriles is 1. The Balaban J connectivity index is 1.87. The number of rotatable bonds is 5. The summed E-state index contributed by atoms with van der Waals surface area (Å²) in [6.07, 6.45) is 3.08. The van der Waals surface area contributed by atoms with Crippen molar-refractivity contribution >= 4 is 32.7 Å². The summed E-state index contributed by atoms with van der Waals surface area (Å²) in [7, 11) is -3.96. The molecule has 0 radical (unpaired) electrons. The largest absolute Gasteiger partial charge is 0.453 e. The third kappa shape index (κ3) is 3.61. The van der Waals surface area contributed by atoms with Crippen molar-refractivity contribution in [2.24, 2.45) is 0 Å². The molecule has 0 spiro atoms. The van der Waals surface area contributed by atoms with Gasteiger partial charge in [0.2, 0.25) is 0 Å². The van der Waals surface area contributed by atoms with E-state index < -0.39 is 21.7 Å². The number of benzene rings is 3. The van der Waals surface area contributed by atoms with Gasteiger partial charge in [0.1, 0.15) is 17.6 Å². The van der Waals surface area contributed by atoms with Crippen LogP contribution in [0.3, 0.4) is 0 Å². The van der Waals surface area contributed by atoms with Crippen molar-refractivity contribution in [1.29, 1.82) is 5.26 Å². The van der Waals surface area contributed by atoms with E-state index in [0.29, 0.717) is 15.8 Å². The molecule has 3 aromatic carbocycles. The normalized spacial score (nSPS) is 11.5. The maximum absolute atomic E-state index is 15.2. The second-order valence-electron chi connectivity index (χ2n) is 6.89. The number of ether oxygens (including phenoxy) is 1. The summed E-state index contributed by atoms with van der Waals surface area (Å²) in [5.74, 6) is -1.54. The molecule has 4 aromatic rings. The van der Waals surface area contributed by atoms with Crippen molar-refractivity contribution < 1.29 is 21.9 Å². The van der Waals surface area contributed by atoms with Crippen LogP contribution < -0.4 is 4.74 Å². The smallest absolute Gasteiger partial charge is 0.268 e. The van der Waals surface area contributed by atoms with Gasteiger partial charge in [-0.25, -0.2) is 21.2 Å². The highest BCUT2D eigenvalue weighted by Gasteiger charge is 2.24. The molecular weight excluding hydrogens is 454 g/mol. The van der Waals surface area contributed by atoms with Crippen LogP contribution in [-0.4, -0.2) is 18.6 Å². The molecule has 0 fully saturated rings. The Morgan fingerprint density at radius 1 is 1.06 bits per heavy atom. The maximum atomic E-state index is 15.2. The fourth-order valence-corrected chi connectivity index (χ4v) is 5.69. The molecule has 5 nitrogen and oxygen atoms in total. The average molecular weight is 471 g/mol. The molecule has 1 heterocycles. The zero-order valence-electron chi connectivity index (χ0n) is 17.0. The third-order valence-electron chi connectivity index (χ3n) is 4.93. The highest BCUT2D eigenvalue weighted by molar-refractivity contribution is 7.99. The van der Waals surface area contributed by atoms with E-state index in [2.05, 4.69) is 0 Å². The summed E-state index contributed by atoms with van der Waals surface area (Å²) >= 11 is 1.18. The summed E-state index contributed by atoms with van der Waals surface area (Å²) in [4.78, 5) is 0.501. The molecule has 0 aliphatic rings. The number of nitrogens with zero attached hydrogens (tertiary/aromatic N) is 2. The number of hydrogen-bond acceptors (Lipinski definition) is 5. The van der Waals surface area contributed by atoms with Crippen molar-refractivity contribution in [3.63, 3.8) is 0 Å². The van der Waals surface area contributed by atoms with Crippen LogP contribution in [0.2, 0.25) is 0 Å². The lowest BCUT2D eigenvalue weighted by atomic mass is 10.2. The molecule has 0 aliphatic heterocycles. The first-order valence-corrected chi connectivity index (χ1v) is 12.0. The standard InChI is InChI=1S/C23H16F2N2O3S2/c1-14-5-3-4-6-21(14)32(28,29)27-10-9-17-20(27)12-19(25)22(23(17)31-2)30-16-7-8-18(24)15(11-16)13-26/h3-12H,1-2H3. The summed E-state index contributed by atoms with van der Waals surface area (Å²) in [5, 5.41) is 9.49. The lowest BCUT2D eigenvalue weighted by molar-refractivity contribution is 0.431. The van der Waals surface area contributed by atoms with Crippen molar-refractivity contribution in [2.45, 2.75) is 16.7 Å². The Kier molecular flexibility index (Phi) is 5.67. The van der Waals surface area contributed by atoms with E-state index in [4.69, 9.17) is 10.00 Å². The lowest BCUT2D eigenvalue weighted by Gasteiger charge is -2.14. The molecule has 0 saturated heterocycles. The zero-order chi connectivity index (χ0) is 23.0. The molecule has 0 atom stereocenters. The fourth-order valence-electron chi connectivity index (χ4n) is 3.41. The van der Waals surface area contributed by atoms with Crippen LogP contribution in [0.4, 0.5) is 8.78 Å². The van der Waals surface area contributed by atoms with E-state index >= 15 is 4.39 Å². The van der Waals surface area contributed by atoms with Crippen molar-refractivity contribution in [1.82, 2.24) is 3.97 Å². The van der Waals surface area contributed by atoms with Crippen molar-refractivity contribution in [3.8, 4) is 17.6 Å². The van der Waals surface area contributed by atoms with Gasteiger partial charge in [0.25, 0.3) is 10.0 Å². The molecular formula is C23H16F2N2O3S2. The Bertz CT molecular complexity index is 1510. The Hall–Kier alpha value is -3.35. The van der Waals surface area contributed by atoms with Crippen LogP contribution >= 0.6 is 11.8 Å². The second kappa shape index (κ2) is 8.30. The first-order valence-electron chi connectivity index (χ1n) is 9.34. The van der Waals surface area contributed by atoms with Gasteiger partial charge in [-0.15, -0.1) is 11.8 Å². The molecule has 0 saturated carbocycles. The number of fused-ring (bicyclic) bond motifs is 1. The van der Waals surface area contributed by atoms with Crippen LogP contribution in [0.25, 0.3) is 10.9 Å². The van der Waals surface area contributed by atoms with E-state index in [1.54, 1.807) is 43.5 Å². The minimum Gasteiger partial charge on any atom is -0.453 e. The Labute approximate surface area is 187 Å². The molecule has 0 bridgehead atoms. The highest BCUT2D eigenvalue weighted by Crippen LogP contribution is 2.41. The van der Waals surface area contributed by atoms with Gasteiger partial charge in [0.05, 0.1) is 20.9 Å². The molecule has 1 aromatic heterocycles. The van der Waals surface area contributed by atoms with Crippen LogP contribution in [0.5, 0.6) is 11.5 Å². The molecule has 9 heteroatoms. The van der Waals surface area contributed by atoms with E-state index in [-0.39, 0.29) is 27.5 Å². The number of thioether (sulfide) groups is 1. The zero-order valence-corrected chi connectivity index (χ0v) is 18.6. The first-order chi connectivity index (χ1) is 15.3. The van der Waals surface area contributed by atoms with E-state index in [1.165, 1.54) is 36.2 Å². The Morgan fingerprint density at radius 3 is 2.50 bits per heavy atom. The Morgan fingerprint density at radius 2 is 1.81 bits per heavy atom. The number of aryl methyl sites for hydroxylation is 1. The lowest BCUT2D eigenvalue weighted by Crippen LogP contribution is -2.13. The van der Waals surface area contributed by atoms with Crippen LogP contribution in [0.15, 0.2) is 70.6 Å². The quantitative estimate of drug-likeness (QED) is 0.342. The van der Waals surface area contributed by atoms with Crippen molar-refractivity contribution in [3.05, 3.63) is 83.6 Å². The van der Waals surface area contributed by atoms with E-state index in [9.17, 15) is 12.8 Å². The third-order valence-corrected chi connectivity index (χ3v) is 7.60. The molecule has 162 valence electrons. The van der Waals surface area contributed by atoms with Crippen molar-refractivity contribution in [2.75, 3.05) is 6.26 Å². The van der Waals surface area contributed by atoms with Gasteiger partial charge in [-0.3, -0.25) is 0 Å². The van der Waals surface area contributed by atoms with Crippen LogP contribution in [0, 0.1) is 29.9 Å². The SMILES string of the molecule is CSc1c(Oc2ccc(F)c(C#N)c2)c(F)cc2c1ccn2S(=O)(=O)c1ccccc1C. The summed E-state index contributed by atoms with van der Waals surface area (Å²) in [6.45, 7) is 1.69. The summed E-state index contributed by atoms with van der Waals surface area (Å²) < 4.78 is 62.0. The molecule has 0 N–H and O–H groups in total. The highest BCUT2D eigenvalue weighted by atomic mass is 32.2. The van der Waals surface area contributed by atoms with Gasteiger partial charge in [-0.2, -0.15) is 5.26 Å². The molecule has 32 heavy (non-hydrogen) atoms. The minimum absolute atomic E-state index is 0.0865.